The zero-order valence-corrected chi connectivity index (χ0v) is 77.3. The number of furan rings is 3. The van der Waals surface area contributed by atoms with Gasteiger partial charge in [-0.15, -0.1) is 0 Å². The molecule has 0 unspecified atom stereocenters. The Hall–Kier alpha value is -19.2. The standard InChI is InChI=1S/C48H30N2O.C44H26N2O.C42H26N2O/c1-3-13-31(14-4-1)33-17-11-19-35(27-33)49-42-23-9-7-21-37(42)40-29-41-45(30-44(40)49)50(36-20-12-18-34(28-36)32-15-5-2-6-16-32)43-26-25-39-38-22-8-10-24-46(38)51-48(39)47(41)43;1-2-13-28(14-3-1)45-38-23-22-34-33-19-9-11-21-42(33)47-44(34)43(38)36-25-35-32-18-8-10-20-37(32)46(40(35)26-41(36)45)39-24-27-12-4-5-15-29(27)30-16-6-7-17-31(30)39;1-3-12-27(13-4-1)28-14-11-17-30(24-28)44-37-23-22-33-32-19-8-10-21-40(32)45-42(33)41(37)35-25-34-31-18-7-9-20-36(31)43(38(34)26-39(35)44)29-15-5-2-6-16-29/h1-30H;1-26H;1-26H. The number of hydrogen-bond acceptors (Lipinski definition) is 3. The van der Waals surface area contributed by atoms with Crippen molar-refractivity contribution in [3.63, 3.8) is 0 Å². The Kier molecular flexibility index (Phi) is 17.7. The van der Waals surface area contributed by atoms with E-state index in [2.05, 4.69) is 507 Å². The molecule has 0 aliphatic rings. The molecule has 0 N–H and O–H groups in total. The number of benzene rings is 23. The Labute approximate surface area is 818 Å². The molecule has 32 aromatic rings. The fourth-order valence-corrected chi connectivity index (χ4v) is 23.6. The molecule has 9 heteroatoms. The molecule has 143 heavy (non-hydrogen) atoms. The van der Waals surface area contributed by atoms with Gasteiger partial charge in [0.25, 0.3) is 0 Å². The van der Waals surface area contributed by atoms with Gasteiger partial charge in [-0.1, -0.05) is 322 Å². The highest BCUT2D eigenvalue weighted by Crippen LogP contribution is 2.51. The molecule has 0 aliphatic heterocycles. The van der Waals surface area contributed by atoms with E-state index in [4.69, 9.17) is 13.3 Å². The monoisotopic (exact) mass is 1820 g/mol. The first kappa shape index (κ1) is 79.9. The SMILES string of the molecule is c1ccc(-c2cccc(-n3c4cc5c(cc4c4c6oc7ccccc7c6ccc43)c3ccccc3n5-c3ccccc3)c2)cc1.c1ccc(-c2cccc(-n3c4ccccc4c4cc5c6c7oc8ccccc8c7ccc6n(-c6cccc(-c7ccccc7)c6)c5cc43)c2)cc1.c1ccc(-n2c3cc4c(cc3c3c5oc6ccccc6c5ccc32)c2ccccc2n4-c2cc3ccccc3c3ccccc23)cc1. The van der Waals surface area contributed by atoms with Crippen LogP contribution in [0.25, 0.3) is 286 Å². The third-order valence-corrected chi connectivity index (χ3v) is 29.8. The summed E-state index contributed by atoms with van der Waals surface area (Å²) in [4.78, 5) is 0. The van der Waals surface area contributed by atoms with E-state index in [0.29, 0.717) is 0 Å². The van der Waals surface area contributed by atoms with Crippen molar-refractivity contribution in [1.82, 2.24) is 27.4 Å². The van der Waals surface area contributed by atoms with Gasteiger partial charge in [0, 0.05) is 115 Å². The van der Waals surface area contributed by atoms with Crippen molar-refractivity contribution in [1.29, 1.82) is 0 Å². The normalized spacial score (nSPS) is 12.1. The third-order valence-electron chi connectivity index (χ3n) is 29.8. The van der Waals surface area contributed by atoms with Crippen LogP contribution in [-0.4, -0.2) is 27.4 Å². The lowest BCUT2D eigenvalue weighted by atomic mass is 10.00. The molecule has 0 spiro atoms. The molecule has 0 saturated heterocycles. The maximum atomic E-state index is 6.73. The van der Waals surface area contributed by atoms with Gasteiger partial charge in [0.2, 0.25) is 0 Å². The van der Waals surface area contributed by atoms with E-state index in [1.807, 2.05) is 18.2 Å². The summed E-state index contributed by atoms with van der Waals surface area (Å²) in [6.07, 6.45) is 0. The number of rotatable bonds is 9. The molecule has 23 aromatic carbocycles. The van der Waals surface area contributed by atoms with Gasteiger partial charge in [-0.25, -0.2) is 0 Å². The molecule has 0 fully saturated rings. The Morgan fingerprint density at radius 1 is 0.126 bits per heavy atom. The van der Waals surface area contributed by atoms with Crippen molar-refractivity contribution in [2.24, 2.45) is 0 Å². The summed E-state index contributed by atoms with van der Waals surface area (Å²) in [6, 6.07) is 179. The molecule has 9 nitrogen and oxygen atoms in total. The lowest BCUT2D eigenvalue weighted by molar-refractivity contribution is 0.672. The van der Waals surface area contributed by atoms with Crippen molar-refractivity contribution in [3.05, 3.63) is 497 Å². The van der Waals surface area contributed by atoms with Crippen LogP contribution in [0.1, 0.15) is 0 Å². The molecular weight excluding hydrogens is 1740 g/mol. The Morgan fingerprint density at radius 2 is 0.392 bits per heavy atom. The van der Waals surface area contributed by atoms with Gasteiger partial charge in [0.1, 0.15) is 33.5 Å². The molecule has 0 atom stereocenters. The summed E-state index contributed by atoms with van der Waals surface area (Å²) in [5.74, 6) is 0. The Balaban J connectivity index is 0.000000100. The fourth-order valence-electron chi connectivity index (χ4n) is 23.6. The second kappa shape index (κ2) is 31.7. The van der Waals surface area contributed by atoms with Crippen LogP contribution in [0.3, 0.4) is 0 Å². The topological polar surface area (TPSA) is 69.0 Å². The minimum Gasteiger partial charge on any atom is -0.455 e. The van der Waals surface area contributed by atoms with Crippen LogP contribution in [-0.2, 0) is 0 Å². The van der Waals surface area contributed by atoms with Crippen molar-refractivity contribution in [2.75, 3.05) is 0 Å². The summed E-state index contributed by atoms with van der Waals surface area (Å²) in [5, 5.41) is 26.2. The average Bonchev–Trinajstić information content (AvgIpc) is 1.55. The number of fused-ring (bicyclic) bond motifs is 33. The molecule has 0 radical (unpaired) electrons. The van der Waals surface area contributed by atoms with Crippen LogP contribution in [0.4, 0.5) is 0 Å². The van der Waals surface area contributed by atoms with Crippen LogP contribution in [0.2, 0.25) is 0 Å². The largest absolute Gasteiger partial charge is 0.455 e. The zero-order valence-electron chi connectivity index (χ0n) is 77.3. The summed E-state index contributed by atoms with van der Waals surface area (Å²) in [6.45, 7) is 0. The van der Waals surface area contributed by atoms with E-state index in [9.17, 15) is 0 Å². The number of para-hydroxylation sites is 8. The minimum atomic E-state index is 0.906. The van der Waals surface area contributed by atoms with Crippen LogP contribution < -0.4 is 0 Å². The summed E-state index contributed by atoms with van der Waals surface area (Å²) >= 11 is 0. The molecular formula is C134H82N6O3. The predicted octanol–water partition coefficient (Wildman–Crippen LogP) is 36.6. The first-order valence-corrected chi connectivity index (χ1v) is 48.9. The quantitative estimate of drug-likeness (QED) is 0.135. The van der Waals surface area contributed by atoms with Gasteiger partial charge in [-0.3, -0.25) is 0 Å². The Morgan fingerprint density at radius 3 is 0.776 bits per heavy atom. The van der Waals surface area contributed by atoms with Crippen molar-refractivity contribution in [2.45, 2.75) is 0 Å². The zero-order chi connectivity index (χ0) is 93.6. The van der Waals surface area contributed by atoms with E-state index in [-0.39, 0.29) is 0 Å². The highest BCUT2D eigenvalue weighted by Gasteiger charge is 2.29. The molecule has 9 aromatic heterocycles. The average molecular weight is 1820 g/mol. The molecule has 666 valence electrons. The lowest BCUT2D eigenvalue weighted by Gasteiger charge is -2.14. The molecule has 0 amide bonds. The van der Waals surface area contributed by atoms with Gasteiger partial charge >= 0.3 is 0 Å². The van der Waals surface area contributed by atoms with E-state index >= 15 is 0 Å². The van der Waals surface area contributed by atoms with Crippen molar-refractivity contribution in [3.8, 4) is 67.5 Å². The van der Waals surface area contributed by atoms with Gasteiger partial charge in [0.05, 0.1) is 88.0 Å². The summed E-state index contributed by atoms with van der Waals surface area (Å²) in [5.41, 5.74) is 33.4. The summed E-state index contributed by atoms with van der Waals surface area (Å²) < 4.78 is 34.6. The maximum absolute atomic E-state index is 6.73. The van der Waals surface area contributed by atoms with Crippen molar-refractivity contribution < 1.29 is 13.3 Å². The second-order valence-corrected chi connectivity index (χ2v) is 37.6. The maximum Gasteiger partial charge on any atom is 0.145 e. The van der Waals surface area contributed by atoms with E-state index in [1.54, 1.807) is 0 Å². The van der Waals surface area contributed by atoms with Crippen LogP contribution in [0.5, 0.6) is 0 Å². The number of hydrogen-bond donors (Lipinski definition) is 0. The number of nitrogens with zero attached hydrogens (tertiary/aromatic N) is 6. The first-order chi connectivity index (χ1) is 71.0. The van der Waals surface area contributed by atoms with Gasteiger partial charge < -0.3 is 40.7 Å². The van der Waals surface area contributed by atoms with Crippen LogP contribution in [0.15, 0.2) is 511 Å². The third kappa shape index (κ3) is 12.3. The minimum absolute atomic E-state index is 0.906. The molecule has 9 heterocycles. The highest BCUT2D eigenvalue weighted by atomic mass is 16.3. The molecule has 0 bridgehead atoms. The van der Waals surface area contributed by atoms with Gasteiger partial charge in [0.15, 0.2) is 0 Å². The smallest absolute Gasteiger partial charge is 0.145 e. The molecule has 0 aliphatic carbocycles. The van der Waals surface area contributed by atoms with Gasteiger partial charge in [-0.05, 0) is 225 Å². The second-order valence-electron chi connectivity index (χ2n) is 37.6. The highest BCUT2D eigenvalue weighted by molar-refractivity contribution is 6.31. The molecule has 32 rings (SSSR count). The fraction of sp³-hybridized carbons (Fsp3) is 0. The van der Waals surface area contributed by atoms with Crippen molar-refractivity contribution >= 4 is 218 Å². The number of aromatic nitrogens is 6. The summed E-state index contributed by atoms with van der Waals surface area (Å²) in [7, 11) is 0. The van der Waals surface area contributed by atoms with Crippen LogP contribution in [0, 0.1) is 0 Å². The van der Waals surface area contributed by atoms with E-state index < -0.39 is 0 Å². The first-order valence-electron chi connectivity index (χ1n) is 48.9. The lowest BCUT2D eigenvalue weighted by Crippen LogP contribution is -1.97. The van der Waals surface area contributed by atoms with E-state index in [1.165, 1.54) is 137 Å². The Bertz CT molecular complexity index is 10900. The molecule has 0 saturated carbocycles. The van der Waals surface area contributed by atoms with Gasteiger partial charge in [-0.2, -0.15) is 0 Å². The van der Waals surface area contributed by atoms with E-state index in [0.717, 1.165) is 149 Å². The van der Waals surface area contributed by atoms with Crippen LogP contribution >= 0.6 is 0 Å². The predicted molar refractivity (Wildman–Crippen MR) is 599 cm³/mol.